The molecule has 0 amide bonds. The number of benzene rings is 4. The fraction of sp³-hybridized carbons (Fsp3) is 0.200. The van der Waals surface area contributed by atoms with Crippen molar-refractivity contribution in [2.24, 2.45) is 0 Å². The summed E-state index contributed by atoms with van der Waals surface area (Å²) in [6, 6.07) is 6.14. The minimum atomic E-state index is -3.48. The summed E-state index contributed by atoms with van der Waals surface area (Å²) in [7, 11) is -2.77. The third-order valence-electron chi connectivity index (χ3n) is 10.9. The molecule has 0 nitrogen and oxygen atoms in total. The normalized spacial score (nSPS) is 12.2. The first kappa shape index (κ1) is 47.0. The third kappa shape index (κ3) is 7.27. The van der Waals surface area contributed by atoms with Crippen LogP contribution in [0.2, 0.25) is 0 Å². The summed E-state index contributed by atoms with van der Waals surface area (Å²) in [4.78, 5) is 0. The number of halogens is 15. The predicted molar refractivity (Wildman–Crippen MR) is 222 cm³/mol. The van der Waals surface area contributed by atoms with Gasteiger partial charge in [-0.25, -0.2) is 65.9 Å². The monoisotopic (exact) mass is 960 g/mol. The molecule has 0 saturated carbocycles. The second kappa shape index (κ2) is 17.5. The van der Waals surface area contributed by atoms with Gasteiger partial charge in [-0.05, 0) is 90.3 Å². The van der Waals surface area contributed by atoms with Gasteiger partial charge >= 0.3 is 0 Å². The van der Waals surface area contributed by atoms with Crippen LogP contribution in [-0.2, 0) is 0 Å². The molecular formula is C45H29BF15PS2. The standard InChI is InChI=1S/C45H29BF15PS2/c1-15(2)20-11-21(16(3)4)45(22(12-20)17(5)6)62-43(18-7-9-63-13-18)23(24-28(47)34(53)40(59)35(54)29(24)48)25(44(62)19-8-10-64-14-19)46(26-30(49)36(55)41(60)37(56)31(26)50)27-32(51)38(57)42(61)39(58)33(27)52/h7-17H,1-6H3. The van der Waals surface area contributed by atoms with Crippen molar-refractivity contribution in [2.75, 3.05) is 0 Å². The van der Waals surface area contributed by atoms with E-state index in [1.54, 1.807) is 39.8 Å². The first-order valence-electron chi connectivity index (χ1n) is 19.1. The van der Waals surface area contributed by atoms with E-state index in [-0.39, 0.29) is 22.3 Å². The summed E-state index contributed by atoms with van der Waals surface area (Å²) >= 11 is 1.83. The van der Waals surface area contributed by atoms with Crippen LogP contribution in [0.25, 0.3) is 38.1 Å². The van der Waals surface area contributed by atoms with E-state index in [1.807, 2.05) is 13.8 Å². The van der Waals surface area contributed by atoms with Crippen molar-refractivity contribution in [1.29, 1.82) is 0 Å². The molecule has 0 spiro atoms. The van der Waals surface area contributed by atoms with Crippen LogP contribution in [-0.4, -0.2) is 6.71 Å². The molecular weight excluding hydrogens is 931 g/mol. The molecule has 0 aliphatic rings. The van der Waals surface area contributed by atoms with Crippen LogP contribution in [0.5, 0.6) is 0 Å². The smallest absolute Gasteiger partial charge is 0.204 e. The second-order valence-corrected chi connectivity index (χ2v) is 19.3. The molecule has 0 bridgehead atoms. The Morgan fingerprint density at radius 2 is 0.750 bits per heavy atom. The lowest BCUT2D eigenvalue weighted by Gasteiger charge is -2.26. The molecule has 0 aliphatic carbocycles. The summed E-state index contributed by atoms with van der Waals surface area (Å²) in [6.07, 6.45) is 0. The van der Waals surface area contributed by atoms with Gasteiger partial charge in [-0.3, -0.25) is 0 Å². The summed E-state index contributed by atoms with van der Waals surface area (Å²) < 4.78 is 237. The zero-order valence-electron chi connectivity index (χ0n) is 33.9. The van der Waals surface area contributed by atoms with E-state index >= 15 is 52.7 Å². The number of hydrogen-bond donors (Lipinski definition) is 0. The Hall–Kier alpha value is -4.93. The first-order chi connectivity index (χ1) is 30.1. The van der Waals surface area contributed by atoms with Crippen molar-refractivity contribution in [2.45, 2.75) is 59.3 Å². The minimum Gasteiger partial charge on any atom is -0.204 e. The summed E-state index contributed by atoms with van der Waals surface area (Å²) in [5, 5.41) is 4.85. The van der Waals surface area contributed by atoms with Gasteiger partial charge in [0.15, 0.2) is 81.4 Å². The van der Waals surface area contributed by atoms with Crippen LogP contribution in [0.3, 0.4) is 0 Å². The Bertz CT molecular complexity index is 2810. The van der Waals surface area contributed by atoms with Crippen molar-refractivity contribution in [3.05, 3.63) is 150 Å². The van der Waals surface area contributed by atoms with E-state index in [4.69, 9.17) is 0 Å². The van der Waals surface area contributed by atoms with Gasteiger partial charge in [0.1, 0.15) is 0 Å². The van der Waals surface area contributed by atoms with E-state index in [9.17, 15) is 13.2 Å². The van der Waals surface area contributed by atoms with Crippen LogP contribution in [0.4, 0.5) is 65.9 Å². The Morgan fingerprint density at radius 1 is 0.406 bits per heavy atom. The van der Waals surface area contributed by atoms with Gasteiger partial charge in [0.05, 0.1) is 5.56 Å². The zero-order chi connectivity index (χ0) is 47.1. The quantitative estimate of drug-likeness (QED) is 0.0555. The largest absolute Gasteiger partial charge is 0.259 e. The average molecular weight is 961 g/mol. The van der Waals surface area contributed by atoms with Gasteiger partial charge in [0, 0.05) is 26.8 Å². The van der Waals surface area contributed by atoms with Crippen LogP contribution < -0.4 is 16.4 Å². The van der Waals surface area contributed by atoms with Crippen LogP contribution in [0, 0.1) is 87.3 Å². The lowest BCUT2D eigenvalue weighted by Crippen LogP contribution is -2.59. The molecule has 7 aromatic rings. The van der Waals surface area contributed by atoms with Gasteiger partial charge in [-0.2, -0.15) is 22.7 Å². The molecule has 0 fully saturated rings. The van der Waals surface area contributed by atoms with Crippen molar-refractivity contribution in [3.8, 4) is 38.1 Å². The first-order valence-corrected chi connectivity index (χ1v) is 22.3. The molecule has 4 aromatic carbocycles. The maximum atomic E-state index is 16.7. The highest BCUT2D eigenvalue weighted by molar-refractivity contribution is 7.64. The molecule has 0 saturated heterocycles. The number of rotatable bonds is 10. The topological polar surface area (TPSA) is 0 Å². The molecule has 64 heavy (non-hydrogen) atoms. The van der Waals surface area contributed by atoms with Gasteiger partial charge in [-0.15, -0.1) is 0 Å². The van der Waals surface area contributed by atoms with Crippen molar-refractivity contribution >= 4 is 53.3 Å². The molecule has 7 rings (SSSR count). The molecule has 1 atom stereocenters. The molecule has 3 heterocycles. The van der Waals surface area contributed by atoms with E-state index in [0.29, 0.717) is 11.1 Å². The average Bonchev–Trinajstić information content (AvgIpc) is 4.06. The van der Waals surface area contributed by atoms with Crippen LogP contribution in [0.1, 0.15) is 76.0 Å². The Balaban J connectivity index is 1.96. The van der Waals surface area contributed by atoms with E-state index in [2.05, 4.69) is 0 Å². The second-order valence-electron chi connectivity index (χ2n) is 15.7. The van der Waals surface area contributed by atoms with Gasteiger partial charge in [0.25, 0.3) is 6.71 Å². The fourth-order valence-electron chi connectivity index (χ4n) is 7.89. The third-order valence-corrected chi connectivity index (χ3v) is 15.1. The summed E-state index contributed by atoms with van der Waals surface area (Å²) in [6.45, 7) is 7.26. The Morgan fingerprint density at radius 3 is 1.08 bits per heavy atom. The van der Waals surface area contributed by atoms with E-state index < -0.39 is 151 Å². The van der Waals surface area contributed by atoms with Crippen molar-refractivity contribution in [1.82, 2.24) is 0 Å². The highest BCUT2D eigenvalue weighted by Gasteiger charge is 2.47. The maximum absolute atomic E-state index is 16.7. The van der Waals surface area contributed by atoms with E-state index in [1.165, 1.54) is 33.7 Å². The summed E-state index contributed by atoms with van der Waals surface area (Å²) in [5.74, 6) is -42.4. The number of thiophene rings is 2. The maximum Gasteiger partial charge on any atom is 0.259 e. The van der Waals surface area contributed by atoms with Gasteiger partial charge in [-0.1, -0.05) is 61.2 Å². The lowest BCUT2D eigenvalue weighted by molar-refractivity contribution is 0.381. The Labute approximate surface area is 365 Å². The van der Waals surface area contributed by atoms with Crippen LogP contribution >= 0.6 is 30.2 Å². The van der Waals surface area contributed by atoms with Gasteiger partial charge in [0.2, 0.25) is 5.82 Å². The molecule has 0 N–H and O–H groups in total. The summed E-state index contributed by atoms with van der Waals surface area (Å²) in [5.41, 5.74) is -7.44. The zero-order valence-corrected chi connectivity index (χ0v) is 36.4. The van der Waals surface area contributed by atoms with E-state index in [0.717, 1.165) is 28.2 Å². The highest BCUT2D eigenvalue weighted by Crippen LogP contribution is 2.64. The lowest BCUT2D eigenvalue weighted by atomic mass is 9.35. The molecule has 1 unspecified atom stereocenters. The molecule has 334 valence electrons. The molecule has 0 aliphatic heterocycles. The number of hydrogen-bond acceptors (Lipinski definition) is 2. The van der Waals surface area contributed by atoms with Crippen molar-refractivity contribution in [3.63, 3.8) is 0 Å². The molecule has 3 aromatic heterocycles. The fourth-order valence-corrected chi connectivity index (χ4v) is 12.9. The highest BCUT2D eigenvalue weighted by atomic mass is 32.1. The van der Waals surface area contributed by atoms with Gasteiger partial charge < -0.3 is 0 Å². The van der Waals surface area contributed by atoms with Crippen LogP contribution in [0.15, 0.2) is 45.8 Å². The molecule has 19 heteroatoms. The van der Waals surface area contributed by atoms with Crippen molar-refractivity contribution < 1.29 is 65.9 Å². The Kier molecular flexibility index (Phi) is 12.8. The molecule has 0 radical (unpaired) electrons. The predicted octanol–water partition coefficient (Wildman–Crippen LogP) is 14.8. The minimum absolute atomic E-state index is 0.0799. The SMILES string of the molecule is CC(C)c1cc(C(C)C)c(-p2c(-c3ccsc3)c(B(c3c(F)c(F)c(F)c(F)c3F)c3c(F)c(F)c(F)c(F)c3F)c(-c3c(F)c(F)c(F)c(F)c3F)c2-c2ccsc2)c(C(C)C)c1.